The minimum absolute atomic E-state index is 0.130. The molecule has 0 fully saturated rings. The van der Waals surface area contributed by atoms with Gasteiger partial charge in [0.2, 0.25) is 0 Å². The van der Waals surface area contributed by atoms with Gasteiger partial charge in [-0.25, -0.2) is 9.59 Å². The number of esters is 1. The molecular weight excluding hydrogens is 734 g/mol. The Morgan fingerprint density at radius 1 is 1.15 bits per heavy atom. The topological polar surface area (TPSA) is 140 Å². The molecule has 39 heavy (non-hydrogen) atoms. The van der Waals surface area contributed by atoms with Gasteiger partial charge in [-0.3, -0.25) is 5.43 Å². The molecule has 0 aromatic heterocycles. The van der Waals surface area contributed by atoms with Gasteiger partial charge >= 0.3 is 12.0 Å². The van der Waals surface area contributed by atoms with E-state index in [4.69, 9.17) is 18.9 Å². The molecule has 11 nitrogen and oxygen atoms in total. The molecule has 0 saturated heterocycles. The summed E-state index contributed by atoms with van der Waals surface area (Å²) in [6.07, 6.45) is 0.466. The monoisotopic (exact) mass is 764 g/mol. The lowest BCUT2D eigenvalue weighted by Crippen LogP contribution is -2.45. The molecule has 0 unspecified atom stereocenters. The Morgan fingerprint density at radius 3 is 2.59 bits per heavy atom. The van der Waals surface area contributed by atoms with E-state index >= 15 is 0 Å². The van der Waals surface area contributed by atoms with E-state index in [1.807, 2.05) is 26.0 Å². The zero-order valence-electron chi connectivity index (χ0n) is 21.8. The fourth-order valence-corrected chi connectivity index (χ4v) is 5.83. The zero-order chi connectivity index (χ0) is 28.5. The van der Waals surface area contributed by atoms with Crippen LogP contribution in [0.15, 0.2) is 46.7 Å². The second kappa shape index (κ2) is 14.6. The Balaban J connectivity index is 1.72. The molecule has 4 N–H and O–H groups in total. The Labute approximate surface area is 254 Å². The third-order valence-electron chi connectivity index (χ3n) is 5.43. The number of aliphatic hydroxyl groups is 1. The van der Waals surface area contributed by atoms with Gasteiger partial charge in [-0.05, 0) is 95.8 Å². The first-order valence-electron chi connectivity index (χ1n) is 12.0. The summed E-state index contributed by atoms with van der Waals surface area (Å²) in [6.45, 7) is 6.10. The lowest BCUT2D eigenvalue weighted by molar-refractivity contribution is -0.136. The standard InChI is InChI=1S/C26H30I2N4O7/c1-5-37-20-10-15(23-22(25(34)36-4)14(3)30-26(35)31-23)7-8-19(20)39-13-21(33)32-29-12-16-9-17(27)11-18(28)24(16)38-6-2/h7-12,21,23,32-33H,5-6,13H2,1-4H3,(H2,30,31,35)/b29-12+/t21-,23+/m1/s1. The Hall–Kier alpha value is -2.79. The molecule has 0 aliphatic carbocycles. The van der Waals surface area contributed by atoms with E-state index < -0.39 is 24.3 Å². The number of aliphatic hydroxyl groups excluding tert-OH is 1. The molecule has 0 saturated carbocycles. The van der Waals surface area contributed by atoms with E-state index in [9.17, 15) is 14.7 Å². The predicted molar refractivity (Wildman–Crippen MR) is 162 cm³/mol. The minimum Gasteiger partial charge on any atom is -0.492 e. The molecule has 13 heteroatoms. The number of rotatable bonds is 12. The highest BCUT2D eigenvalue weighted by molar-refractivity contribution is 14.1. The van der Waals surface area contributed by atoms with Crippen LogP contribution in [0, 0.1) is 7.14 Å². The van der Waals surface area contributed by atoms with Crippen LogP contribution in [0.5, 0.6) is 17.2 Å². The summed E-state index contributed by atoms with van der Waals surface area (Å²) in [5.41, 5.74) is 4.70. The average molecular weight is 764 g/mol. The third kappa shape index (κ3) is 8.11. The van der Waals surface area contributed by atoms with Gasteiger partial charge in [0.25, 0.3) is 0 Å². The number of allylic oxidation sites excluding steroid dienone is 1. The number of urea groups is 1. The highest BCUT2D eigenvalue weighted by atomic mass is 127. The van der Waals surface area contributed by atoms with Gasteiger partial charge in [0.05, 0.1) is 41.7 Å². The van der Waals surface area contributed by atoms with Gasteiger partial charge in [-0.15, -0.1) is 0 Å². The van der Waals surface area contributed by atoms with Crippen molar-refractivity contribution in [2.24, 2.45) is 5.10 Å². The number of benzene rings is 2. The van der Waals surface area contributed by atoms with Crippen LogP contribution in [0.3, 0.4) is 0 Å². The van der Waals surface area contributed by atoms with Crippen LogP contribution >= 0.6 is 45.2 Å². The van der Waals surface area contributed by atoms with Crippen molar-refractivity contribution in [1.29, 1.82) is 0 Å². The predicted octanol–water partition coefficient (Wildman–Crippen LogP) is 3.82. The van der Waals surface area contributed by atoms with Crippen LogP contribution in [0.2, 0.25) is 0 Å². The first kappa shape index (κ1) is 30.7. The summed E-state index contributed by atoms with van der Waals surface area (Å²) in [7, 11) is 1.28. The van der Waals surface area contributed by atoms with Crippen LogP contribution in [-0.4, -0.2) is 56.5 Å². The van der Waals surface area contributed by atoms with Crippen molar-refractivity contribution in [2.75, 3.05) is 26.9 Å². The second-order valence-electron chi connectivity index (χ2n) is 8.15. The van der Waals surface area contributed by atoms with Crippen molar-refractivity contribution in [3.63, 3.8) is 0 Å². The quantitative estimate of drug-likeness (QED) is 0.0843. The fourth-order valence-electron chi connectivity index (χ4n) is 3.79. The van der Waals surface area contributed by atoms with Gasteiger partial charge < -0.3 is 34.7 Å². The average Bonchev–Trinajstić information content (AvgIpc) is 2.89. The van der Waals surface area contributed by atoms with Crippen LogP contribution in [-0.2, 0) is 9.53 Å². The summed E-state index contributed by atoms with van der Waals surface area (Å²) in [5, 5.41) is 19.9. The number of hydrazone groups is 1. The van der Waals surface area contributed by atoms with E-state index in [1.165, 1.54) is 7.11 Å². The molecule has 3 rings (SSSR count). The normalized spacial score (nSPS) is 15.9. The first-order chi connectivity index (χ1) is 18.7. The van der Waals surface area contributed by atoms with E-state index in [0.29, 0.717) is 36.0 Å². The maximum atomic E-state index is 12.4. The molecule has 1 aliphatic rings. The van der Waals surface area contributed by atoms with Gasteiger partial charge in [0.1, 0.15) is 12.4 Å². The first-order valence-corrected chi connectivity index (χ1v) is 14.2. The molecule has 0 spiro atoms. The maximum Gasteiger partial charge on any atom is 0.337 e. The van der Waals surface area contributed by atoms with E-state index in [0.717, 1.165) is 18.5 Å². The zero-order valence-corrected chi connectivity index (χ0v) is 26.2. The number of carbonyl (C=O) groups is 2. The molecule has 1 heterocycles. The second-order valence-corrected chi connectivity index (χ2v) is 10.6. The van der Waals surface area contributed by atoms with Crippen molar-refractivity contribution in [2.45, 2.75) is 33.0 Å². The fraction of sp³-hybridized carbons (Fsp3) is 0.346. The van der Waals surface area contributed by atoms with Crippen LogP contribution in [0.4, 0.5) is 4.79 Å². The van der Waals surface area contributed by atoms with Gasteiger partial charge in [0.15, 0.2) is 17.7 Å². The van der Waals surface area contributed by atoms with E-state index in [-0.39, 0.29) is 12.2 Å². The van der Waals surface area contributed by atoms with Crippen LogP contribution < -0.4 is 30.3 Å². The number of halogens is 2. The number of amides is 2. The number of ether oxygens (including phenoxy) is 4. The highest BCUT2D eigenvalue weighted by Crippen LogP contribution is 2.35. The Bertz CT molecular complexity index is 1270. The lowest BCUT2D eigenvalue weighted by Gasteiger charge is -2.28. The summed E-state index contributed by atoms with van der Waals surface area (Å²) in [5.74, 6) is 0.917. The third-order valence-corrected chi connectivity index (χ3v) is 6.85. The van der Waals surface area contributed by atoms with E-state index in [2.05, 4.69) is 66.3 Å². The SMILES string of the molecule is CCOc1cc([C@@H]2NC(=O)NC(C)=C2C(=O)OC)ccc1OC[C@@H](O)N/N=C/c1cc(I)cc(I)c1OCC. The molecule has 210 valence electrons. The number of hydrogen-bond acceptors (Lipinski definition) is 9. The number of nitrogens with one attached hydrogen (secondary N) is 3. The summed E-state index contributed by atoms with van der Waals surface area (Å²) in [6, 6.07) is 7.79. The van der Waals surface area contributed by atoms with Crippen molar-refractivity contribution >= 4 is 63.4 Å². The summed E-state index contributed by atoms with van der Waals surface area (Å²) >= 11 is 4.43. The Morgan fingerprint density at radius 2 is 1.90 bits per heavy atom. The smallest absolute Gasteiger partial charge is 0.337 e. The molecule has 2 aromatic carbocycles. The number of nitrogens with zero attached hydrogens (tertiary/aromatic N) is 1. The van der Waals surface area contributed by atoms with Gasteiger partial charge in [-0.2, -0.15) is 5.10 Å². The number of hydrogen-bond donors (Lipinski definition) is 4. The van der Waals surface area contributed by atoms with Crippen molar-refractivity contribution in [3.8, 4) is 17.2 Å². The van der Waals surface area contributed by atoms with Gasteiger partial charge in [0, 0.05) is 14.8 Å². The molecule has 1 aliphatic heterocycles. The molecule has 2 atom stereocenters. The van der Waals surface area contributed by atoms with Crippen molar-refractivity contribution in [1.82, 2.24) is 16.1 Å². The number of methoxy groups -OCH3 is 1. The molecule has 0 bridgehead atoms. The van der Waals surface area contributed by atoms with Gasteiger partial charge in [-0.1, -0.05) is 6.07 Å². The minimum atomic E-state index is -1.12. The largest absolute Gasteiger partial charge is 0.492 e. The van der Waals surface area contributed by atoms with Crippen molar-refractivity contribution < 1.29 is 33.6 Å². The highest BCUT2D eigenvalue weighted by Gasteiger charge is 2.32. The summed E-state index contributed by atoms with van der Waals surface area (Å²) in [4.78, 5) is 24.5. The molecular formula is C26H30I2N4O7. The van der Waals surface area contributed by atoms with E-state index in [1.54, 1.807) is 31.3 Å². The lowest BCUT2D eigenvalue weighted by atomic mass is 9.95. The molecule has 2 amide bonds. The summed E-state index contributed by atoms with van der Waals surface area (Å²) < 4.78 is 24.2. The van der Waals surface area contributed by atoms with Crippen LogP contribution in [0.1, 0.15) is 37.9 Å². The molecule has 2 aromatic rings. The maximum absolute atomic E-state index is 12.4. The molecule has 0 radical (unpaired) electrons. The van der Waals surface area contributed by atoms with Crippen molar-refractivity contribution in [3.05, 3.63) is 59.9 Å². The van der Waals surface area contributed by atoms with Crippen LogP contribution in [0.25, 0.3) is 0 Å². The Kier molecular flexibility index (Phi) is 11.5. The number of carbonyl (C=O) groups excluding carboxylic acids is 2.